The standard InChI is InChI=1S/2C7H15O.4C4H6F3.O.2Sn/c2*1-2-3-4-5-6-7-8;4*1-2-3-4(5,6)7;;;/h2*2-7H2,1H3;4*1-3H2;;;/q2*-1;;;;;;2*+1. The van der Waals surface area contributed by atoms with Crippen LogP contribution in [0.4, 0.5) is 52.7 Å². The fourth-order valence-electron chi connectivity index (χ4n) is 5.30. The third-order valence-corrected chi connectivity index (χ3v) is 40.9. The molecule has 0 unspecified atom stereocenters. The Kier molecular flexibility index (Phi) is 24.3. The first-order valence-electron chi connectivity index (χ1n) is 16.9. The van der Waals surface area contributed by atoms with Crippen molar-refractivity contribution in [3.8, 4) is 0 Å². The van der Waals surface area contributed by atoms with Gasteiger partial charge in [-0.15, -0.1) is 0 Å². The topological polar surface area (TPSA) is 27.7 Å². The maximum absolute atomic E-state index is 13.2. The minimum absolute atomic E-state index is 0.0120. The average Bonchev–Trinajstić information content (AvgIpc) is 2.89. The number of rotatable bonds is 28. The van der Waals surface area contributed by atoms with Crippen LogP contribution < -0.4 is 0 Å². The van der Waals surface area contributed by atoms with E-state index in [1.807, 2.05) is 13.8 Å². The molecule has 0 aliphatic heterocycles. The van der Waals surface area contributed by atoms with Gasteiger partial charge in [0.15, 0.2) is 0 Å². The van der Waals surface area contributed by atoms with Crippen molar-refractivity contribution in [1.29, 1.82) is 0 Å². The zero-order valence-electron chi connectivity index (χ0n) is 27.7. The van der Waals surface area contributed by atoms with Crippen molar-refractivity contribution >= 4 is 38.4 Å². The van der Waals surface area contributed by atoms with E-state index >= 15 is 0 Å². The molecule has 0 aliphatic carbocycles. The molecule has 0 rings (SSSR count). The SMILES string of the molecule is CCCCCCC[O][Sn]([CH2]CCC(F)(F)F)([CH2]CCC(F)(F)F)[O][Sn]([CH2]CCC(F)(F)F)([CH2]CCC(F)(F)F)[O]CCCCCCC. The van der Waals surface area contributed by atoms with Crippen molar-refractivity contribution < 1.29 is 60.2 Å². The molecule has 0 spiro atoms. The summed E-state index contributed by atoms with van der Waals surface area (Å²) >= 11 is -10.2. The number of alkyl halides is 12. The Balaban J connectivity index is 6.64. The van der Waals surface area contributed by atoms with Crippen LogP contribution in [0.2, 0.25) is 17.7 Å². The maximum atomic E-state index is 13.2. The van der Waals surface area contributed by atoms with Crippen LogP contribution in [0.25, 0.3) is 0 Å². The predicted molar refractivity (Wildman–Crippen MR) is 162 cm³/mol. The Hall–Kier alpha value is 0.637. The Bertz CT molecular complexity index is 673. The van der Waals surface area contributed by atoms with Crippen LogP contribution in [0, 0.1) is 0 Å². The zero-order valence-corrected chi connectivity index (χ0v) is 33.4. The molecule has 0 fully saturated rings. The van der Waals surface area contributed by atoms with Gasteiger partial charge in [0.25, 0.3) is 0 Å². The van der Waals surface area contributed by atoms with Gasteiger partial charge < -0.3 is 0 Å². The van der Waals surface area contributed by atoms with Crippen LogP contribution in [0.15, 0.2) is 0 Å². The molecule has 17 heteroatoms. The van der Waals surface area contributed by atoms with Crippen molar-refractivity contribution in [2.24, 2.45) is 0 Å². The molecule has 0 radical (unpaired) electrons. The fraction of sp³-hybridized carbons (Fsp3) is 1.00. The van der Waals surface area contributed by atoms with Crippen molar-refractivity contribution in [2.75, 3.05) is 13.2 Å². The van der Waals surface area contributed by atoms with Gasteiger partial charge in [-0.2, -0.15) is 0 Å². The molecular formula is C30H54F12O3Sn2. The molecule has 284 valence electrons. The van der Waals surface area contributed by atoms with Crippen LogP contribution in [-0.2, 0) is 7.56 Å². The van der Waals surface area contributed by atoms with E-state index in [0.717, 1.165) is 38.5 Å². The molecule has 0 aliphatic rings. The molecule has 0 atom stereocenters. The first-order valence-corrected chi connectivity index (χ1v) is 29.6. The summed E-state index contributed by atoms with van der Waals surface area (Å²) in [5.41, 5.74) is 0. The van der Waals surface area contributed by atoms with Gasteiger partial charge in [-0.3, -0.25) is 0 Å². The van der Waals surface area contributed by atoms with Crippen LogP contribution in [-0.4, -0.2) is 76.3 Å². The summed E-state index contributed by atoms with van der Waals surface area (Å²) in [7, 11) is 0. The molecule has 0 amide bonds. The molecule has 0 aromatic rings. The molecule has 47 heavy (non-hydrogen) atoms. The van der Waals surface area contributed by atoms with E-state index in [4.69, 9.17) is 7.56 Å². The molecule has 0 saturated carbocycles. The number of halogens is 12. The van der Waals surface area contributed by atoms with E-state index in [0.29, 0.717) is 25.7 Å². The Morgan fingerprint density at radius 3 is 0.851 bits per heavy atom. The molecule has 3 nitrogen and oxygen atoms in total. The molecular weight excluding hydrogens is 874 g/mol. The molecule has 0 aromatic carbocycles. The van der Waals surface area contributed by atoms with E-state index in [1.165, 1.54) is 0 Å². The first kappa shape index (κ1) is 47.6. The molecule has 0 aromatic heterocycles. The summed E-state index contributed by atoms with van der Waals surface area (Å²) in [4.78, 5) is 0. The second kappa shape index (κ2) is 24.0. The zero-order chi connectivity index (χ0) is 36.1. The number of hydrogen-bond acceptors (Lipinski definition) is 3. The molecule has 0 bridgehead atoms. The third kappa shape index (κ3) is 29.0. The van der Waals surface area contributed by atoms with Gasteiger partial charge in [0, 0.05) is 0 Å². The van der Waals surface area contributed by atoms with E-state index in [1.54, 1.807) is 0 Å². The first-order chi connectivity index (χ1) is 21.7. The van der Waals surface area contributed by atoms with Gasteiger partial charge in [0.05, 0.1) is 0 Å². The van der Waals surface area contributed by atoms with Gasteiger partial charge >= 0.3 is 284 Å². The van der Waals surface area contributed by atoms with Gasteiger partial charge in [-0.1, -0.05) is 0 Å². The second-order valence-electron chi connectivity index (χ2n) is 12.3. The molecule has 0 saturated heterocycles. The van der Waals surface area contributed by atoms with E-state index < -0.39 is 114 Å². The van der Waals surface area contributed by atoms with Gasteiger partial charge in [0.2, 0.25) is 0 Å². The van der Waals surface area contributed by atoms with Gasteiger partial charge in [-0.05, 0) is 0 Å². The van der Waals surface area contributed by atoms with E-state index in [9.17, 15) is 52.7 Å². The Labute approximate surface area is 282 Å². The summed E-state index contributed by atoms with van der Waals surface area (Å²) in [6.07, 6.45) is -17.9. The third-order valence-electron chi connectivity index (χ3n) is 7.67. The Morgan fingerprint density at radius 1 is 0.362 bits per heavy atom. The summed E-state index contributed by atoms with van der Waals surface area (Å²) in [5.74, 6) is 0. The van der Waals surface area contributed by atoms with Crippen molar-refractivity contribution in [2.45, 2.75) is 172 Å². The summed E-state index contributed by atoms with van der Waals surface area (Å²) in [6.45, 7) is 3.95. The number of unbranched alkanes of at least 4 members (excludes halogenated alkanes) is 8. The van der Waals surface area contributed by atoms with Crippen LogP contribution in [0.5, 0.6) is 0 Å². The predicted octanol–water partition coefficient (Wildman–Crippen LogP) is 13.2. The van der Waals surface area contributed by atoms with Crippen molar-refractivity contribution in [1.82, 2.24) is 0 Å². The normalized spacial score (nSPS) is 13.9. The summed E-state index contributed by atoms with van der Waals surface area (Å²) < 4.78 is 176. The van der Waals surface area contributed by atoms with Crippen molar-refractivity contribution in [3.63, 3.8) is 0 Å². The van der Waals surface area contributed by atoms with Crippen LogP contribution in [0.3, 0.4) is 0 Å². The van der Waals surface area contributed by atoms with E-state index in [2.05, 4.69) is 0 Å². The summed E-state index contributed by atoms with van der Waals surface area (Å²) in [6, 6.07) is 0. The minimum atomic E-state index is -5.09. The van der Waals surface area contributed by atoms with Gasteiger partial charge in [0.1, 0.15) is 0 Å². The second-order valence-corrected chi connectivity index (χ2v) is 34.6. The molecule has 0 heterocycles. The Morgan fingerprint density at radius 2 is 0.617 bits per heavy atom. The fourth-order valence-corrected chi connectivity index (χ4v) is 46.0. The quantitative estimate of drug-likeness (QED) is 0.0445. The average molecular weight is 928 g/mol. The van der Waals surface area contributed by atoms with Gasteiger partial charge in [-0.25, -0.2) is 0 Å². The molecule has 0 N–H and O–H groups in total. The number of hydrogen-bond donors (Lipinski definition) is 0. The van der Waals surface area contributed by atoms with Crippen molar-refractivity contribution in [3.05, 3.63) is 0 Å². The monoisotopic (exact) mass is 930 g/mol. The van der Waals surface area contributed by atoms with Crippen LogP contribution in [0.1, 0.15) is 129 Å². The van der Waals surface area contributed by atoms with E-state index in [-0.39, 0.29) is 31.0 Å². The summed E-state index contributed by atoms with van der Waals surface area (Å²) in [5, 5.41) is 0. The van der Waals surface area contributed by atoms with Crippen LogP contribution >= 0.6 is 0 Å².